The average Bonchev–Trinajstić information content (AvgIpc) is 2.47. The molecule has 1 fully saturated rings. The summed E-state index contributed by atoms with van der Waals surface area (Å²) >= 11 is 0. The molecule has 62 valence electrons. The Morgan fingerprint density at radius 3 is 2.75 bits per heavy atom. The molecule has 0 N–H and O–H groups in total. The number of Topliss-reactive ketones (excluding diaryl/α,β-unsaturated/α-hetero) is 1. The molecule has 12 heavy (non-hydrogen) atoms. The van der Waals surface area contributed by atoms with Gasteiger partial charge in [-0.25, -0.2) is 0 Å². The lowest BCUT2D eigenvalue weighted by molar-refractivity contribution is -0.117. The SMILES string of the molecule is N#CCC(C#N)C1CCC(=O)C1. The van der Waals surface area contributed by atoms with E-state index in [1.807, 2.05) is 6.07 Å². The van der Waals surface area contributed by atoms with Crippen molar-refractivity contribution in [2.75, 3.05) is 0 Å². The topological polar surface area (TPSA) is 64.7 Å². The van der Waals surface area contributed by atoms with Crippen LogP contribution in [-0.2, 0) is 4.79 Å². The quantitative estimate of drug-likeness (QED) is 0.616. The van der Waals surface area contributed by atoms with E-state index in [4.69, 9.17) is 10.5 Å². The van der Waals surface area contributed by atoms with Crippen LogP contribution < -0.4 is 0 Å². The molecule has 0 amide bonds. The number of ketones is 1. The minimum Gasteiger partial charge on any atom is -0.300 e. The molecule has 0 heterocycles. The third kappa shape index (κ3) is 1.83. The summed E-state index contributed by atoms with van der Waals surface area (Å²) in [4.78, 5) is 10.9. The van der Waals surface area contributed by atoms with Crippen molar-refractivity contribution < 1.29 is 4.79 Å². The van der Waals surface area contributed by atoms with Crippen LogP contribution in [-0.4, -0.2) is 5.78 Å². The van der Waals surface area contributed by atoms with Gasteiger partial charge >= 0.3 is 0 Å². The van der Waals surface area contributed by atoms with Crippen LogP contribution in [0.4, 0.5) is 0 Å². The van der Waals surface area contributed by atoms with E-state index in [-0.39, 0.29) is 24.0 Å². The van der Waals surface area contributed by atoms with Gasteiger partial charge in [-0.15, -0.1) is 0 Å². The minimum absolute atomic E-state index is 0.141. The maximum atomic E-state index is 10.9. The van der Waals surface area contributed by atoms with E-state index < -0.39 is 0 Å². The lowest BCUT2D eigenvalue weighted by Crippen LogP contribution is -2.09. The fourth-order valence-corrected chi connectivity index (χ4v) is 1.60. The van der Waals surface area contributed by atoms with Crippen molar-refractivity contribution in [1.82, 2.24) is 0 Å². The highest BCUT2D eigenvalue weighted by molar-refractivity contribution is 5.80. The molecule has 3 heteroatoms. The molecule has 0 saturated heterocycles. The van der Waals surface area contributed by atoms with Gasteiger partial charge in [-0.05, 0) is 12.3 Å². The largest absolute Gasteiger partial charge is 0.300 e. The molecule has 1 saturated carbocycles. The molecule has 0 aliphatic heterocycles. The molecule has 0 aromatic carbocycles. The van der Waals surface area contributed by atoms with E-state index in [1.165, 1.54) is 0 Å². The monoisotopic (exact) mass is 162 g/mol. The number of carbonyl (C=O) groups excluding carboxylic acids is 1. The molecule has 2 atom stereocenters. The van der Waals surface area contributed by atoms with Gasteiger partial charge in [0.25, 0.3) is 0 Å². The molecule has 0 aromatic rings. The highest BCUT2D eigenvalue weighted by atomic mass is 16.1. The van der Waals surface area contributed by atoms with Crippen LogP contribution in [0.3, 0.4) is 0 Å². The van der Waals surface area contributed by atoms with Crippen LogP contribution in [0.5, 0.6) is 0 Å². The maximum absolute atomic E-state index is 10.9. The third-order valence-corrected chi connectivity index (χ3v) is 2.33. The van der Waals surface area contributed by atoms with Gasteiger partial charge in [0.15, 0.2) is 0 Å². The Balaban J connectivity index is 2.52. The van der Waals surface area contributed by atoms with Gasteiger partial charge in [-0.1, -0.05) is 0 Å². The zero-order valence-electron chi connectivity index (χ0n) is 6.79. The van der Waals surface area contributed by atoms with Gasteiger partial charge in [0.2, 0.25) is 0 Å². The average molecular weight is 162 g/mol. The summed E-state index contributed by atoms with van der Waals surface area (Å²) < 4.78 is 0. The molecule has 0 spiro atoms. The molecular weight excluding hydrogens is 152 g/mol. The second-order valence-electron chi connectivity index (χ2n) is 3.14. The Labute approximate surface area is 71.6 Å². The first-order chi connectivity index (χ1) is 5.77. The minimum atomic E-state index is -0.235. The second kappa shape index (κ2) is 3.88. The maximum Gasteiger partial charge on any atom is 0.133 e. The van der Waals surface area contributed by atoms with E-state index in [0.29, 0.717) is 12.8 Å². The van der Waals surface area contributed by atoms with Crippen LogP contribution in [0.25, 0.3) is 0 Å². The molecule has 1 rings (SSSR count). The van der Waals surface area contributed by atoms with E-state index in [9.17, 15) is 4.79 Å². The summed E-state index contributed by atoms with van der Waals surface area (Å²) in [6, 6.07) is 4.07. The van der Waals surface area contributed by atoms with E-state index in [0.717, 1.165) is 6.42 Å². The zero-order chi connectivity index (χ0) is 8.97. The van der Waals surface area contributed by atoms with Gasteiger partial charge in [0.1, 0.15) is 5.78 Å². The lowest BCUT2D eigenvalue weighted by atomic mass is 9.90. The molecule has 1 aliphatic carbocycles. The van der Waals surface area contributed by atoms with Crippen LogP contribution >= 0.6 is 0 Å². The Morgan fingerprint density at radius 2 is 2.33 bits per heavy atom. The highest BCUT2D eigenvalue weighted by Crippen LogP contribution is 2.30. The Morgan fingerprint density at radius 1 is 1.58 bits per heavy atom. The number of nitrogens with zero attached hydrogens (tertiary/aromatic N) is 2. The molecular formula is C9H10N2O. The fraction of sp³-hybridized carbons (Fsp3) is 0.667. The summed E-state index contributed by atoms with van der Waals surface area (Å²) in [6.07, 6.45) is 2.14. The van der Waals surface area contributed by atoms with Crippen molar-refractivity contribution in [2.24, 2.45) is 11.8 Å². The lowest BCUT2D eigenvalue weighted by Gasteiger charge is -2.10. The number of rotatable bonds is 2. The highest BCUT2D eigenvalue weighted by Gasteiger charge is 2.29. The van der Waals surface area contributed by atoms with Crippen LogP contribution in [0.2, 0.25) is 0 Å². The van der Waals surface area contributed by atoms with E-state index in [2.05, 4.69) is 6.07 Å². The van der Waals surface area contributed by atoms with Crippen molar-refractivity contribution in [3.05, 3.63) is 0 Å². The summed E-state index contributed by atoms with van der Waals surface area (Å²) in [5.74, 6) is 0.141. The summed E-state index contributed by atoms with van der Waals surface area (Å²) in [7, 11) is 0. The molecule has 0 bridgehead atoms. The van der Waals surface area contributed by atoms with Crippen molar-refractivity contribution in [3.63, 3.8) is 0 Å². The van der Waals surface area contributed by atoms with Gasteiger partial charge in [-0.2, -0.15) is 10.5 Å². The molecule has 2 unspecified atom stereocenters. The van der Waals surface area contributed by atoms with Crippen molar-refractivity contribution in [2.45, 2.75) is 25.7 Å². The Bertz CT molecular complexity index is 259. The Hall–Kier alpha value is -1.35. The van der Waals surface area contributed by atoms with Gasteiger partial charge < -0.3 is 0 Å². The molecule has 0 aromatic heterocycles. The predicted octanol–water partition coefficient (Wildman–Crippen LogP) is 1.41. The molecule has 1 aliphatic rings. The Kier molecular flexibility index (Phi) is 2.82. The zero-order valence-corrected chi connectivity index (χ0v) is 6.79. The van der Waals surface area contributed by atoms with E-state index >= 15 is 0 Å². The first kappa shape index (κ1) is 8.74. The summed E-state index contributed by atoms with van der Waals surface area (Å²) in [5.41, 5.74) is 0. The van der Waals surface area contributed by atoms with Crippen molar-refractivity contribution in [1.29, 1.82) is 10.5 Å². The van der Waals surface area contributed by atoms with Gasteiger partial charge in [0, 0.05) is 12.8 Å². The first-order valence-corrected chi connectivity index (χ1v) is 4.06. The number of nitriles is 2. The van der Waals surface area contributed by atoms with Crippen LogP contribution in [0.1, 0.15) is 25.7 Å². The van der Waals surface area contributed by atoms with Crippen molar-refractivity contribution >= 4 is 5.78 Å². The predicted molar refractivity (Wildman–Crippen MR) is 41.7 cm³/mol. The standard InChI is InChI=1S/C9H10N2O/c10-4-3-8(6-11)7-1-2-9(12)5-7/h7-8H,1-3,5H2. The van der Waals surface area contributed by atoms with Gasteiger partial charge in [-0.3, -0.25) is 4.79 Å². The molecule has 3 nitrogen and oxygen atoms in total. The normalized spacial score (nSPS) is 24.5. The second-order valence-corrected chi connectivity index (χ2v) is 3.14. The van der Waals surface area contributed by atoms with Crippen LogP contribution in [0, 0.1) is 34.5 Å². The first-order valence-electron chi connectivity index (χ1n) is 4.06. The number of carbonyl (C=O) groups is 1. The fourth-order valence-electron chi connectivity index (χ4n) is 1.60. The van der Waals surface area contributed by atoms with Gasteiger partial charge in [0.05, 0.1) is 24.5 Å². The smallest absolute Gasteiger partial charge is 0.133 e. The summed E-state index contributed by atoms with van der Waals surface area (Å²) in [6.45, 7) is 0. The summed E-state index contributed by atoms with van der Waals surface area (Å²) in [5, 5.41) is 17.1. The van der Waals surface area contributed by atoms with Crippen LogP contribution in [0.15, 0.2) is 0 Å². The third-order valence-electron chi connectivity index (χ3n) is 2.33. The number of hydrogen-bond donors (Lipinski definition) is 0. The van der Waals surface area contributed by atoms with Crippen molar-refractivity contribution in [3.8, 4) is 12.1 Å². The number of hydrogen-bond acceptors (Lipinski definition) is 3. The molecule has 0 radical (unpaired) electrons. The van der Waals surface area contributed by atoms with E-state index in [1.54, 1.807) is 0 Å².